The van der Waals surface area contributed by atoms with Gasteiger partial charge in [0.15, 0.2) is 0 Å². The Morgan fingerprint density at radius 1 is 1.22 bits per heavy atom. The number of benzene rings is 1. The zero-order valence-corrected chi connectivity index (χ0v) is 14.5. The molecule has 0 aromatic heterocycles. The molecule has 0 radical (unpaired) electrons. The largest absolute Gasteiger partial charge is 0.497 e. The highest BCUT2D eigenvalue weighted by atomic mass is 16.5. The van der Waals surface area contributed by atoms with Crippen molar-refractivity contribution in [3.05, 3.63) is 24.3 Å². The normalized spacial score (nSPS) is 15.3. The Labute approximate surface area is 140 Å². The number of methoxy groups -OCH3 is 1. The SMILES string of the molecule is COc1ccc(N(C(=O)CCCCCCN)C(C)C2CC2)cc1. The summed E-state index contributed by atoms with van der Waals surface area (Å²) in [6, 6.07) is 8.11. The molecule has 23 heavy (non-hydrogen) atoms. The molecule has 1 aliphatic carbocycles. The van der Waals surface area contributed by atoms with Gasteiger partial charge < -0.3 is 15.4 Å². The Hall–Kier alpha value is -1.55. The van der Waals surface area contributed by atoms with Crippen LogP contribution in [-0.2, 0) is 4.79 Å². The van der Waals surface area contributed by atoms with Crippen LogP contribution in [0.2, 0.25) is 0 Å². The lowest BCUT2D eigenvalue weighted by Gasteiger charge is -2.30. The number of unbranched alkanes of at least 4 members (excludes halogenated alkanes) is 3. The van der Waals surface area contributed by atoms with Crippen LogP contribution in [0.4, 0.5) is 5.69 Å². The number of carbonyl (C=O) groups is 1. The molecule has 128 valence electrons. The molecule has 1 saturated carbocycles. The fraction of sp³-hybridized carbons (Fsp3) is 0.632. The maximum Gasteiger partial charge on any atom is 0.227 e. The molecule has 2 rings (SSSR count). The first kappa shape index (κ1) is 17.8. The molecule has 0 spiro atoms. The van der Waals surface area contributed by atoms with Gasteiger partial charge in [-0.2, -0.15) is 0 Å². The predicted molar refractivity (Wildman–Crippen MR) is 94.8 cm³/mol. The number of ether oxygens (including phenoxy) is 1. The molecule has 4 nitrogen and oxygen atoms in total. The highest BCUT2D eigenvalue weighted by Crippen LogP contribution is 2.37. The highest BCUT2D eigenvalue weighted by Gasteiger charge is 2.34. The van der Waals surface area contributed by atoms with E-state index in [0.717, 1.165) is 43.7 Å². The van der Waals surface area contributed by atoms with E-state index in [1.165, 1.54) is 12.8 Å². The number of carbonyl (C=O) groups excluding carboxylic acids is 1. The fourth-order valence-electron chi connectivity index (χ4n) is 3.03. The van der Waals surface area contributed by atoms with Gasteiger partial charge in [-0.25, -0.2) is 0 Å². The summed E-state index contributed by atoms with van der Waals surface area (Å²) in [6.45, 7) is 2.92. The van der Waals surface area contributed by atoms with Crippen LogP contribution < -0.4 is 15.4 Å². The molecule has 1 unspecified atom stereocenters. The molecule has 1 amide bonds. The van der Waals surface area contributed by atoms with Gasteiger partial charge in [0.05, 0.1) is 7.11 Å². The zero-order chi connectivity index (χ0) is 16.7. The molecule has 1 aromatic carbocycles. The van der Waals surface area contributed by atoms with Gasteiger partial charge >= 0.3 is 0 Å². The molecule has 0 bridgehead atoms. The van der Waals surface area contributed by atoms with E-state index >= 15 is 0 Å². The molecule has 1 fully saturated rings. The van der Waals surface area contributed by atoms with Crippen molar-refractivity contribution in [2.24, 2.45) is 11.7 Å². The van der Waals surface area contributed by atoms with Crippen LogP contribution >= 0.6 is 0 Å². The second-order valence-electron chi connectivity index (χ2n) is 6.49. The number of nitrogens with two attached hydrogens (primary N) is 1. The average molecular weight is 318 g/mol. The number of rotatable bonds is 10. The fourth-order valence-corrected chi connectivity index (χ4v) is 3.03. The van der Waals surface area contributed by atoms with Crippen LogP contribution in [0.25, 0.3) is 0 Å². The maximum atomic E-state index is 12.8. The minimum Gasteiger partial charge on any atom is -0.497 e. The smallest absolute Gasteiger partial charge is 0.227 e. The van der Waals surface area contributed by atoms with Crippen molar-refractivity contribution in [2.75, 3.05) is 18.6 Å². The summed E-state index contributed by atoms with van der Waals surface area (Å²) in [5.41, 5.74) is 6.50. The van der Waals surface area contributed by atoms with Gasteiger partial charge in [0, 0.05) is 18.2 Å². The first-order valence-corrected chi connectivity index (χ1v) is 8.83. The van der Waals surface area contributed by atoms with Crippen molar-refractivity contribution in [1.29, 1.82) is 0 Å². The lowest BCUT2D eigenvalue weighted by Crippen LogP contribution is -2.40. The number of hydrogen-bond donors (Lipinski definition) is 1. The molecule has 0 aliphatic heterocycles. The van der Waals surface area contributed by atoms with Gasteiger partial charge in [0.25, 0.3) is 0 Å². The third kappa shape index (κ3) is 5.24. The summed E-state index contributed by atoms with van der Waals surface area (Å²) in [7, 11) is 1.66. The topological polar surface area (TPSA) is 55.6 Å². The standard InChI is InChI=1S/C19H30N2O2/c1-15(16-8-9-16)21(17-10-12-18(23-2)13-11-17)19(22)7-5-3-4-6-14-20/h10-13,15-16H,3-9,14,20H2,1-2H3. The third-order valence-corrected chi connectivity index (χ3v) is 4.68. The second-order valence-corrected chi connectivity index (χ2v) is 6.49. The van der Waals surface area contributed by atoms with Crippen molar-refractivity contribution < 1.29 is 9.53 Å². The van der Waals surface area contributed by atoms with Crippen molar-refractivity contribution in [3.63, 3.8) is 0 Å². The number of anilines is 1. The summed E-state index contributed by atoms with van der Waals surface area (Å²) in [5, 5.41) is 0. The quantitative estimate of drug-likeness (QED) is 0.669. The van der Waals surface area contributed by atoms with E-state index in [0.29, 0.717) is 12.3 Å². The van der Waals surface area contributed by atoms with E-state index in [4.69, 9.17) is 10.5 Å². The van der Waals surface area contributed by atoms with Gasteiger partial charge in [-0.1, -0.05) is 12.8 Å². The van der Waals surface area contributed by atoms with Gasteiger partial charge in [0.2, 0.25) is 5.91 Å². The molecule has 0 saturated heterocycles. The van der Waals surface area contributed by atoms with Crippen LogP contribution in [0.15, 0.2) is 24.3 Å². The molecule has 0 heterocycles. The van der Waals surface area contributed by atoms with Crippen LogP contribution in [-0.4, -0.2) is 25.6 Å². The zero-order valence-electron chi connectivity index (χ0n) is 14.5. The molecule has 1 aliphatic rings. The Morgan fingerprint density at radius 2 is 1.87 bits per heavy atom. The number of hydrogen-bond acceptors (Lipinski definition) is 3. The van der Waals surface area contributed by atoms with E-state index in [-0.39, 0.29) is 11.9 Å². The lowest BCUT2D eigenvalue weighted by atomic mass is 10.1. The van der Waals surface area contributed by atoms with Gasteiger partial charge in [-0.3, -0.25) is 4.79 Å². The Morgan fingerprint density at radius 3 is 2.43 bits per heavy atom. The summed E-state index contributed by atoms with van der Waals surface area (Å²) in [5.74, 6) is 1.71. The van der Waals surface area contributed by atoms with Crippen LogP contribution in [0, 0.1) is 5.92 Å². The first-order chi connectivity index (χ1) is 11.2. The molecular weight excluding hydrogens is 288 g/mol. The molecule has 1 atom stereocenters. The maximum absolute atomic E-state index is 12.8. The van der Waals surface area contributed by atoms with E-state index in [1.54, 1.807) is 7.11 Å². The van der Waals surface area contributed by atoms with Crippen molar-refractivity contribution in [2.45, 2.75) is 57.9 Å². The van der Waals surface area contributed by atoms with Crippen molar-refractivity contribution in [1.82, 2.24) is 0 Å². The minimum absolute atomic E-state index is 0.238. The van der Waals surface area contributed by atoms with Gasteiger partial charge in [0.1, 0.15) is 5.75 Å². The third-order valence-electron chi connectivity index (χ3n) is 4.68. The molecule has 4 heteroatoms. The number of amides is 1. The molecule has 1 aromatic rings. The number of nitrogens with zero attached hydrogens (tertiary/aromatic N) is 1. The first-order valence-electron chi connectivity index (χ1n) is 8.83. The summed E-state index contributed by atoms with van der Waals surface area (Å²) in [6.07, 6.45) is 7.28. The van der Waals surface area contributed by atoms with Crippen LogP contribution in [0.5, 0.6) is 5.75 Å². The van der Waals surface area contributed by atoms with Gasteiger partial charge in [-0.05, 0) is 69.3 Å². The second kappa shape index (κ2) is 8.92. The van der Waals surface area contributed by atoms with E-state index < -0.39 is 0 Å². The Bertz CT molecular complexity index is 483. The molecular formula is C19H30N2O2. The lowest BCUT2D eigenvalue weighted by molar-refractivity contribution is -0.119. The van der Waals surface area contributed by atoms with Crippen molar-refractivity contribution >= 4 is 11.6 Å². The van der Waals surface area contributed by atoms with E-state index in [2.05, 4.69) is 6.92 Å². The highest BCUT2D eigenvalue weighted by molar-refractivity contribution is 5.94. The van der Waals surface area contributed by atoms with Crippen LogP contribution in [0.1, 0.15) is 51.9 Å². The predicted octanol–water partition coefficient (Wildman–Crippen LogP) is 3.74. The summed E-state index contributed by atoms with van der Waals surface area (Å²) >= 11 is 0. The van der Waals surface area contributed by atoms with Crippen LogP contribution in [0.3, 0.4) is 0 Å². The van der Waals surface area contributed by atoms with Crippen molar-refractivity contribution in [3.8, 4) is 5.75 Å². The summed E-state index contributed by atoms with van der Waals surface area (Å²) < 4.78 is 5.22. The average Bonchev–Trinajstić information content (AvgIpc) is 3.40. The monoisotopic (exact) mass is 318 g/mol. The Kier molecular flexibility index (Phi) is 6.90. The van der Waals surface area contributed by atoms with Gasteiger partial charge in [-0.15, -0.1) is 0 Å². The Balaban J connectivity index is 1.99. The van der Waals surface area contributed by atoms with E-state index in [1.807, 2.05) is 29.2 Å². The molecule has 2 N–H and O–H groups in total. The van der Waals surface area contributed by atoms with E-state index in [9.17, 15) is 4.79 Å². The minimum atomic E-state index is 0.238. The summed E-state index contributed by atoms with van der Waals surface area (Å²) in [4.78, 5) is 14.8.